The fourth-order valence-corrected chi connectivity index (χ4v) is 18.3. The van der Waals surface area contributed by atoms with E-state index in [1.54, 1.807) is 0 Å². The van der Waals surface area contributed by atoms with E-state index in [0.717, 1.165) is 121 Å². The monoisotopic (exact) mass is 1360 g/mol. The van der Waals surface area contributed by atoms with E-state index < -0.39 is 0 Å². The number of hydrogen-bond acceptors (Lipinski definition) is 3. The molecule has 494 valence electrons. The maximum atomic E-state index is 6.93. The Morgan fingerprint density at radius 3 is 0.879 bits per heavy atom. The van der Waals surface area contributed by atoms with Gasteiger partial charge in [-0.15, -0.1) is 0 Å². The fraction of sp³-hybridized carbons (Fsp3) is 0. The largest absolute Gasteiger partial charge is 0.456 e. The lowest BCUT2D eigenvalue weighted by atomic mass is 9.83. The third-order valence-corrected chi connectivity index (χ3v) is 23.0. The van der Waals surface area contributed by atoms with Gasteiger partial charge in [0.05, 0.1) is 0 Å². The summed E-state index contributed by atoms with van der Waals surface area (Å²) in [6, 6.07) is 134. The second-order valence-corrected chi connectivity index (χ2v) is 28.7. The number of rotatable bonds is 8. The molecule has 23 rings (SSSR count). The maximum Gasteiger partial charge on any atom is 0.136 e. The van der Waals surface area contributed by atoms with Gasteiger partial charge in [0.2, 0.25) is 0 Å². The molecule has 0 aliphatic carbocycles. The molecule has 0 aliphatic rings. The van der Waals surface area contributed by atoms with Crippen LogP contribution in [-0.2, 0) is 0 Å². The first kappa shape index (κ1) is 59.4. The molecule has 23 aromatic rings. The van der Waals surface area contributed by atoms with E-state index in [9.17, 15) is 0 Å². The molecule has 0 atom stereocenters. The van der Waals surface area contributed by atoms with Crippen LogP contribution in [0.4, 0.5) is 0 Å². The molecule has 3 heteroatoms. The Morgan fingerprint density at radius 1 is 0.131 bits per heavy atom. The van der Waals surface area contributed by atoms with Crippen molar-refractivity contribution in [1.29, 1.82) is 0 Å². The Kier molecular flexibility index (Phi) is 12.9. The molecule has 0 bridgehead atoms. The van der Waals surface area contributed by atoms with Gasteiger partial charge in [0.25, 0.3) is 0 Å². The number of hydrogen-bond donors (Lipinski definition) is 0. The maximum absolute atomic E-state index is 6.93. The van der Waals surface area contributed by atoms with Crippen molar-refractivity contribution in [3.8, 4) is 89.0 Å². The molecule has 0 saturated carbocycles. The van der Waals surface area contributed by atoms with Crippen LogP contribution in [0.15, 0.2) is 377 Å². The zero-order valence-electron chi connectivity index (χ0n) is 57.9. The molecule has 0 aliphatic heterocycles. The van der Waals surface area contributed by atoms with Crippen LogP contribution in [0.1, 0.15) is 0 Å². The normalized spacial score (nSPS) is 12.1. The molecule has 3 heterocycles. The van der Waals surface area contributed by atoms with Crippen molar-refractivity contribution in [3.63, 3.8) is 0 Å². The molecule has 3 nitrogen and oxygen atoms in total. The van der Waals surface area contributed by atoms with Gasteiger partial charge in [-0.05, 0) is 254 Å². The van der Waals surface area contributed by atoms with Crippen molar-refractivity contribution in [2.24, 2.45) is 0 Å². The van der Waals surface area contributed by atoms with Gasteiger partial charge in [0.1, 0.15) is 33.5 Å². The van der Waals surface area contributed by atoms with Crippen molar-refractivity contribution < 1.29 is 13.3 Å². The molecule has 0 N–H and O–H groups in total. The lowest BCUT2D eigenvalue weighted by molar-refractivity contribution is 0.668. The van der Waals surface area contributed by atoms with Crippen LogP contribution in [0.3, 0.4) is 0 Å². The van der Waals surface area contributed by atoms with Crippen LogP contribution >= 0.6 is 0 Å². The topological polar surface area (TPSA) is 39.4 Å². The zero-order valence-corrected chi connectivity index (χ0v) is 57.9. The van der Waals surface area contributed by atoms with Gasteiger partial charge in [0.15, 0.2) is 0 Å². The summed E-state index contributed by atoms with van der Waals surface area (Å²) in [5.41, 5.74) is 24.0. The lowest BCUT2D eigenvalue weighted by Crippen LogP contribution is -1.93. The third-order valence-electron chi connectivity index (χ3n) is 23.0. The molecular weight excluding hydrogens is 1300 g/mol. The first-order chi connectivity index (χ1) is 53.0. The summed E-state index contributed by atoms with van der Waals surface area (Å²) in [5.74, 6) is 0. The van der Waals surface area contributed by atoms with Crippen molar-refractivity contribution >= 4 is 152 Å². The van der Waals surface area contributed by atoms with Gasteiger partial charge in [-0.1, -0.05) is 285 Å². The SMILES string of the molecule is c1ccc(-c2c3ccccc3c(-c3ccc4oc5ccc(-c6cccc7c6ccc6oc8ccc(-c9c%10ccccc%10c(-c%10ccccc%10)c%10ccc(-c%11ccc%12c(-c%13ccccc%13)c%13ccccc%13c(-c%13ccc%14oc%15cc%16ccccc%16cc%15c%14c%13)c%12c%11)cc9%10)cc8c67)cc5c4c3)c3ccccc23)cc1. The third kappa shape index (κ3) is 9.08. The van der Waals surface area contributed by atoms with E-state index in [2.05, 4.69) is 364 Å². The highest BCUT2D eigenvalue weighted by Gasteiger charge is 2.25. The Balaban J connectivity index is 0.698. The summed E-state index contributed by atoms with van der Waals surface area (Å²) in [7, 11) is 0. The highest BCUT2D eigenvalue weighted by molar-refractivity contribution is 6.28. The molecule has 0 unspecified atom stereocenters. The van der Waals surface area contributed by atoms with Crippen LogP contribution in [0, 0.1) is 0 Å². The highest BCUT2D eigenvalue weighted by Crippen LogP contribution is 2.52. The van der Waals surface area contributed by atoms with Crippen molar-refractivity contribution in [2.75, 3.05) is 0 Å². The van der Waals surface area contributed by atoms with Crippen LogP contribution in [-0.4, -0.2) is 0 Å². The average molecular weight is 1360 g/mol. The summed E-state index contributed by atoms with van der Waals surface area (Å²) in [5, 5.41) is 25.6. The second kappa shape index (κ2) is 23.2. The molecular formula is C104H60O3. The summed E-state index contributed by atoms with van der Waals surface area (Å²) in [6.07, 6.45) is 0. The first-order valence-electron chi connectivity index (χ1n) is 36.8. The Bertz CT molecular complexity index is 7670. The minimum absolute atomic E-state index is 0.845. The number of furan rings is 3. The van der Waals surface area contributed by atoms with E-state index in [1.165, 1.54) is 120 Å². The highest BCUT2D eigenvalue weighted by atomic mass is 16.3. The summed E-state index contributed by atoms with van der Waals surface area (Å²) >= 11 is 0. The van der Waals surface area contributed by atoms with Crippen molar-refractivity contribution in [3.05, 3.63) is 364 Å². The van der Waals surface area contributed by atoms with Crippen molar-refractivity contribution in [1.82, 2.24) is 0 Å². The molecule has 20 aromatic carbocycles. The molecule has 107 heavy (non-hydrogen) atoms. The molecule has 0 radical (unpaired) electrons. The van der Waals surface area contributed by atoms with E-state index in [0.29, 0.717) is 0 Å². The Morgan fingerprint density at radius 2 is 0.421 bits per heavy atom. The Hall–Kier alpha value is -14.1. The van der Waals surface area contributed by atoms with Crippen LogP contribution in [0.5, 0.6) is 0 Å². The van der Waals surface area contributed by atoms with E-state index in [1.807, 2.05) is 0 Å². The average Bonchev–Trinajstić information content (AvgIpc) is 1.72. The lowest BCUT2D eigenvalue weighted by Gasteiger charge is -2.20. The van der Waals surface area contributed by atoms with E-state index in [4.69, 9.17) is 13.3 Å². The van der Waals surface area contributed by atoms with Gasteiger partial charge in [-0.2, -0.15) is 0 Å². The standard InChI is InChI=1S/C104H60O3/c1-4-21-61(22-5-1)98-75-29-12-16-33-79(75)101(80-34-17-13-30-76(80)98)69-42-49-93-86(57-69)85-56-68(41-48-92(85)105-93)72-37-20-38-74-73(72)47-52-96-104(74)91-59-71(44-51-95(91)106-96)103-82-36-19-15-32-78(82)100(63-25-8-3-9-26-63)84-46-40-67(55-90(84)103)66-39-45-83-89(54-66)102(81-35-18-14-31-77(81)99(83)62-23-6-2-7-24-62)70-43-50-94-87(58-70)88-53-64-27-10-11-28-65(64)60-97(88)107-94/h1-60H. The summed E-state index contributed by atoms with van der Waals surface area (Å²) < 4.78 is 20.3. The van der Waals surface area contributed by atoms with Gasteiger partial charge >= 0.3 is 0 Å². The smallest absolute Gasteiger partial charge is 0.136 e. The first-order valence-corrected chi connectivity index (χ1v) is 36.8. The summed E-state index contributed by atoms with van der Waals surface area (Å²) in [6.45, 7) is 0. The molecule has 0 saturated heterocycles. The summed E-state index contributed by atoms with van der Waals surface area (Å²) in [4.78, 5) is 0. The van der Waals surface area contributed by atoms with Gasteiger partial charge in [-0.3, -0.25) is 0 Å². The molecule has 0 fully saturated rings. The minimum Gasteiger partial charge on any atom is -0.456 e. The molecule has 0 amide bonds. The molecule has 0 spiro atoms. The number of benzene rings is 20. The second-order valence-electron chi connectivity index (χ2n) is 28.7. The number of fused-ring (bicyclic) bond motifs is 18. The van der Waals surface area contributed by atoms with Gasteiger partial charge < -0.3 is 13.3 Å². The minimum atomic E-state index is 0.845. The quantitative estimate of drug-likeness (QED) is 0.142. The predicted octanol–water partition coefficient (Wildman–Crippen LogP) is 29.9. The van der Waals surface area contributed by atoms with Gasteiger partial charge in [0, 0.05) is 32.3 Å². The van der Waals surface area contributed by atoms with Gasteiger partial charge in [-0.25, -0.2) is 0 Å². The van der Waals surface area contributed by atoms with E-state index >= 15 is 0 Å². The Labute approximate surface area is 614 Å². The van der Waals surface area contributed by atoms with Crippen LogP contribution in [0.2, 0.25) is 0 Å². The van der Waals surface area contributed by atoms with Crippen LogP contribution in [0.25, 0.3) is 241 Å². The molecule has 3 aromatic heterocycles. The fourth-order valence-electron chi connectivity index (χ4n) is 18.3. The van der Waals surface area contributed by atoms with Crippen molar-refractivity contribution in [2.45, 2.75) is 0 Å². The predicted molar refractivity (Wildman–Crippen MR) is 452 cm³/mol. The van der Waals surface area contributed by atoms with E-state index in [-0.39, 0.29) is 0 Å². The van der Waals surface area contributed by atoms with Crippen LogP contribution < -0.4 is 0 Å². The zero-order chi connectivity index (χ0) is 70.0.